The molecule has 0 N–H and O–H groups in total. The lowest BCUT2D eigenvalue weighted by Crippen LogP contribution is -2.38. The number of nitrogens with zero attached hydrogens (tertiary/aromatic N) is 1. The van der Waals surface area contributed by atoms with Gasteiger partial charge in [-0.05, 0) is 43.7 Å². The van der Waals surface area contributed by atoms with E-state index in [0.29, 0.717) is 0 Å². The van der Waals surface area contributed by atoms with Crippen molar-refractivity contribution in [3.8, 4) is 0 Å². The maximum atomic E-state index is 2.79. The highest BCUT2D eigenvalue weighted by Crippen LogP contribution is 2.30. The van der Waals surface area contributed by atoms with E-state index >= 15 is 0 Å². The van der Waals surface area contributed by atoms with Crippen molar-refractivity contribution in [1.82, 2.24) is 0 Å². The Balaban J connectivity index is 1.72. The van der Waals surface area contributed by atoms with Crippen LogP contribution in [-0.4, -0.2) is 12.6 Å². The molecule has 0 aliphatic heterocycles. The highest BCUT2D eigenvalue weighted by atomic mass is 15.2. The average Bonchev–Trinajstić information content (AvgIpc) is 2.98. The summed E-state index contributed by atoms with van der Waals surface area (Å²) in [6.07, 6.45) is 17.3. The molecule has 0 aromatic heterocycles. The molecule has 1 heteroatoms. The predicted molar refractivity (Wildman–Crippen MR) is 96.5 cm³/mol. The summed E-state index contributed by atoms with van der Waals surface area (Å²) < 4.78 is 0. The lowest BCUT2D eigenvalue weighted by molar-refractivity contribution is 0.416. The molecule has 1 aromatic carbocycles. The Morgan fingerprint density at radius 2 is 1.23 bits per heavy atom. The number of hydrogen-bond donors (Lipinski definition) is 0. The second-order valence-corrected chi connectivity index (χ2v) is 7.49. The number of hydrogen-bond acceptors (Lipinski definition) is 1. The number of anilines is 1. The van der Waals surface area contributed by atoms with Crippen molar-refractivity contribution in [2.75, 3.05) is 11.4 Å². The third-order valence-corrected chi connectivity index (χ3v) is 5.78. The van der Waals surface area contributed by atoms with Gasteiger partial charge in [-0.1, -0.05) is 69.6 Å². The van der Waals surface area contributed by atoms with Crippen LogP contribution in [0.2, 0.25) is 0 Å². The zero-order valence-electron chi connectivity index (χ0n) is 14.2. The van der Waals surface area contributed by atoms with Gasteiger partial charge in [0.05, 0.1) is 0 Å². The minimum absolute atomic E-state index is 0.785. The van der Waals surface area contributed by atoms with Crippen molar-refractivity contribution >= 4 is 5.69 Å². The summed E-state index contributed by atoms with van der Waals surface area (Å²) in [6.45, 7) is 1.30. The molecule has 2 aliphatic carbocycles. The molecule has 2 fully saturated rings. The lowest BCUT2D eigenvalue weighted by Gasteiger charge is -2.36. The van der Waals surface area contributed by atoms with Crippen molar-refractivity contribution in [2.24, 2.45) is 5.92 Å². The zero-order valence-corrected chi connectivity index (χ0v) is 14.2. The smallest absolute Gasteiger partial charge is 0.0368 e. The first-order valence-electron chi connectivity index (χ1n) is 9.75. The molecule has 2 aliphatic rings. The Labute approximate surface area is 137 Å². The van der Waals surface area contributed by atoms with Gasteiger partial charge in [-0.15, -0.1) is 0 Å². The summed E-state index contributed by atoms with van der Waals surface area (Å²) in [5.74, 6) is 0.922. The Kier molecular flexibility index (Phi) is 6.21. The maximum absolute atomic E-state index is 2.79. The molecule has 1 nitrogen and oxygen atoms in total. The Morgan fingerprint density at radius 1 is 0.682 bits per heavy atom. The van der Waals surface area contributed by atoms with Crippen LogP contribution in [-0.2, 0) is 0 Å². The molecule has 122 valence electrons. The molecule has 22 heavy (non-hydrogen) atoms. The van der Waals surface area contributed by atoms with Gasteiger partial charge in [-0.3, -0.25) is 0 Å². The first kappa shape index (κ1) is 15.9. The second kappa shape index (κ2) is 8.60. The van der Waals surface area contributed by atoms with Crippen LogP contribution in [0.4, 0.5) is 5.69 Å². The van der Waals surface area contributed by atoms with Crippen LogP contribution in [0.25, 0.3) is 0 Å². The summed E-state index contributed by atoms with van der Waals surface area (Å²) in [6, 6.07) is 12.0. The Morgan fingerprint density at radius 3 is 1.82 bits per heavy atom. The molecule has 3 rings (SSSR count). The van der Waals surface area contributed by atoms with E-state index in [9.17, 15) is 0 Å². The lowest BCUT2D eigenvalue weighted by atomic mass is 9.97. The van der Waals surface area contributed by atoms with Crippen molar-refractivity contribution in [2.45, 2.75) is 83.1 Å². The number of benzene rings is 1. The standard InChI is InChI=1S/C21H33N/c1-2-7-13-19(12-6-1)18-22(21-16-10-5-11-17-21)20-14-8-3-4-9-15-20/h5,10-11,16-17,19-20H,1-4,6-9,12-15,18H2. The fourth-order valence-electron chi connectivity index (χ4n) is 4.48. The van der Waals surface area contributed by atoms with Crippen molar-refractivity contribution in [3.05, 3.63) is 30.3 Å². The molecule has 0 atom stereocenters. The third-order valence-electron chi connectivity index (χ3n) is 5.78. The van der Waals surface area contributed by atoms with Gasteiger partial charge < -0.3 is 4.90 Å². The highest BCUT2D eigenvalue weighted by molar-refractivity contribution is 5.47. The Hall–Kier alpha value is -0.980. The monoisotopic (exact) mass is 299 g/mol. The highest BCUT2D eigenvalue weighted by Gasteiger charge is 2.24. The molecule has 0 saturated heterocycles. The van der Waals surface area contributed by atoms with Crippen molar-refractivity contribution in [1.29, 1.82) is 0 Å². The molecule has 2 saturated carbocycles. The minimum atomic E-state index is 0.785. The van der Waals surface area contributed by atoms with Gasteiger partial charge in [-0.2, -0.15) is 0 Å². The molecule has 0 amide bonds. The van der Waals surface area contributed by atoms with Gasteiger partial charge in [0, 0.05) is 18.3 Å². The first-order valence-corrected chi connectivity index (χ1v) is 9.75. The summed E-state index contributed by atoms with van der Waals surface area (Å²) >= 11 is 0. The second-order valence-electron chi connectivity index (χ2n) is 7.49. The topological polar surface area (TPSA) is 3.24 Å². The first-order chi connectivity index (χ1) is 10.9. The fourth-order valence-corrected chi connectivity index (χ4v) is 4.48. The Bertz CT molecular complexity index is 397. The number of rotatable bonds is 4. The summed E-state index contributed by atoms with van der Waals surface area (Å²) in [5, 5.41) is 0. The van der Waals surface area contributed by atoms with E-state index in [1.165, 1.54) is 89.3 Å². The van der Waals surface area contributed by atoms with Crippen molar-refractivity contribution in [3.63, 3.8) is 0 Å². The molecule has 0 unspecified atom stereocenters. The summed E-state index contributed by atoms with van der Waals surface area (Å²) in [4.78, 5) is 2.79. The van der Waals surface area contributed by atoms with Gasteiger partial charge in [0.2, 0.25) is 0 Å². The maximum Gasteiger partial charge on any atom is 0.0368 e. The van der Waals surface area contributed by atoms with Crippen LogP contribution in [0.3, 0.4) is 0 Å². The average molecular weight is 300 g/mol. The van der Waals surface area contributed by atoms with Gasteiger partial charge >= 0.3 is 0 Å². The van der Waals surface area contributed by atoms with Crippen LogP contribution in [0.1, 0.15) is 77.0 Å². The van der Waals surface area contributed by atoms with E-state index in [4.69, 9.17) is 0 Å². The van der Waals surface area contributed by atoms with E-state index in [0.717, 1.165) is 12.0 Å². The van der Waals surface area contributed by atoms with Gasteiger partial charge in [0.15, 0.2) is 0 Å². The predicted octanol–water partition coefficient (Wildman–Crippen LogP) is 6.19. The van der Waals surface area contributed by atoms with E-state index < -0.39 is 0 Å². The SMILES string of the molecule is c1ccc(N(CC2CCCCCC2)C2CCCCCC2)cc1. The van der Waals surface area contributed by atoms with Crippen LogP contribution < -0.4 is 4.90 Å². The van der Waals surface area contributed by atoms with Gasteiger partial charge in [0.25, 0.3) is 0 Å². The minimum Gasteiger partial charge on any atom is -0.368 e. The number of para-hydroxylation sites is 1. The molecular formula is C21H33N. The van der Waals surface area contributed by atoms with E-state index in [2.05, 4.69) is 35.2 Å². The molecule has 0 spiro atoms. The largest absolute Gasteiger partial charge is 0.368 e. The summed E-state index contributed by atoms with van der Waals surface area (Å²) in [7, 11) is 0. The quantitative estimate of drug-likeness (QED) is 0.599. The van der Waals surface area contributed by atoms with E-state index in [1.807, 2.05) is 0 Å². The fraction of sp³-hybridized carbons (Fsp3) is 0.714. The van der Waals surface area contributed by atoms with Crippen LogP contribution >= 0.6 is 0 Å². The van der Waals surface area contributed by atoms with Gasteiger partial charge in [0.1, 0.15) is 0 Å². The normalized spacial score (nSPS) is 22.0. The van der Waals surface area contributed by atoms with Gasteiger partial charge in [-0.25, -0.2) is 0 Å². The summed E-state index contributed by atoms with van der Waals surface area (Å²) in [5.41, 5.74) is 1.47. The molecular weight excluding hydrogens is 266 g/mol. The van der Waals surface area contributed by atoms with Crippen LogP contribution in [0.15, 0.2) is 30.3 Å². The van der Waals surface area contributed by atoms with Crippen molar-refractivity contribution < 1.29 is 0 Å². The zero-order chi connectivity index (χ0) is 15.0. The molecule has 0 radical (unpaired) electrons. The molecule has 0 bridgehead atoms. The molecule has 0 heterocycles. The van der Waals surface area contributed by atoms with E-state index in [1.54, 1.807) is 0 Å². The third kappa shape index (κ3) is 4.51. The van der Waals surface area contributed by atoms with Crippen LogP contribution in [0, 0.1) is 5.92 Å². The molecule has 1 aromatic rings. The van der Waals surface area contributed by atoms with E-state index in [-0.39, 0.29) is 0 Å². The van der Waals surface area contributed by atoms with Crippen LogP contribution in [0.5, 0.6) is 0 Å².